The number of hydrogen-bond acceptors (Lipinski definition) is 9. The zero-order valence-corrected chi connectivity index (χ0v) is 29.8. The van der Waals surface area contributed by atoms with E-state index in [1.807, 2.05) is 25.1 Å². The molecule has 0 bridgehead atoms. The van der Waals surface area contributed by atoms with Crippen LogP contribution in [0.3, 0.4) is 0 Å². The minimum atomic E-state index is -0.429. The van der Waals surface area contributed by atoms with Crippen LogP contribution in [0, 0.1) is 11.8 Å². The minimum Gasteiger partial charge on any atom is -0.412 e. The summed E-state index contributed by atoms with van der Waals surface area (Å²) >= 11 is 19.4. The van der Waals surface area contributed by atoms with Crippen LogP contribution in [0.5, 0.6) is 0 Å². The molecular weight excluding hydrogens is 906 g/mol. The highest BCUT2D eigenvalue weighted by Crippen LogP contribution is 2.17. The Morgan fingerprint density at radius 3 is 1.51 bits per heavy atom. The van der Waals surface area contributed by atoms with Gasteiger partial charge in [0.2, 0.25) is 0 Å². The highest BCUT2D eigenvalue weighted by molar-refractivity contribution is 9.11. The van der Waals surface area contributed by atoms with E-state index in [-0.39, 0.29) is 12.9 Å². The van der Waals surface area contributed by atoms with Crippen molar-refractivity contribution in [2.45, 2.75) is 40.7 Å². The lowest BCUT2D eigenvalue weighted by atomic mass is 10.2. The van der Waals surface area contributed by atoms with Crippen LogP contribution in [-0.4, -0.2) is 43.7 Å². The van der Waals surface area contributed by atoms with Gasteiger partial charge in [-0.3, -0.25) is 4.79 Å². The normalized spacial score (nSPS) is 9.59. The van der Waals surface area contributed by atoms with Crippen molar-refractivity contribution in [2.75, 3.05) is 0 Å². The van der Waals surface area contributed by atoms with Gasteiger partial charge in [-0.15, -0.1) is 4.91 Å². The van der Waals surface area contributed by atoms with Crippen LogP contribution < -0.4 is 0 Å². The van der Waals surface area contributed by atoms with Gasteiger partial charge in [-0.1, -0.05) is 12.6 Å². The molecule has 0 spiro atoms. The number of carbonyl (C=O) groups excluding carboxylic acids is 1. The average Bonchev–Trinajstić information content (AvgIpc) is 2.81. The second-order valence-electron chi connectivity index (χ2n) is 7.34. The summed E-state index contributed by atoms with van der Waals surface area (Å²) in [6, 6.07) is 11.0. The van der Waals surface area contributed by atoms with Gasteiger partial charge in [-0.05, 0) is 160 Å². The second kappa shape index (κ2) is 22.5. The summed E-state index contributed by atoms with van der Waals surface area (Å²) < 4.78 is 4.80. The van der Waals surface area contributed by atoms with Crippen LogP contribution in [0.1, 0.15) is 50.1 Å². The van der Waals surface area contributed by atoms with E-state index in [1.54, 1.807) is 39.0 Å². The first kappa shape index (κ1) is 42.3. The highest BCUT2D eigenvalue weighted by Gasteiger charge is 2.09. The summed E-state index contributed by atoms with van der Waals surface area (Å²) in [5.41, 5.74) is 1.57. The molecule has 0 radical (unpaired) electrons. The quantitative estimate of drug-likeness (QED) is 0.0686. The molecule has 3 aromatic heterocycles. The first-order valence-corrected chi connectivity index (χ1v) is 14.6. The number of pyridine rings is 3. The summed E-state index contributed by atoms with van der Waals surface area (Å²) in [7, 11) is 0. The van der Waals surface area contributed by atoms with Gasteiger partial charge < -0.3 is 15.5 Å². The standard InChI is InChI=1S/C6H4Br2N2O.C6H3Br2NO.C6H5Br2N.C4H9NO2.CH4.H2O/c7-4-1-2-6(8)10-5(4)3-9-11;7-4-1-2-6(8)9-5(4)3-10;1-4-5(7)2-3-6(8)9-4;1-4(2,3)7-5-6;;/h1-3,11H;1-3H;2-3H,1H3;1-3H3;1H4;1H2/b9-3-;;;;;. The Labute approximate surface area is 277 Å². The number of hydrogen-bond donors (Lipinski definition) is 1. The molecule has 216 valence electrons. The summed E-state index contributed by atoms with van der Waals surface area (Å²) in [4.78, 5) is 36.0. The number of aldehydes is 1. The van der Waals surface area contributed by atoms with Crippen molar-refractivity contribution in [1.82, 2.24) is 15.0 Å². The number of aromatic nitrogens is 3. The predicted molar refractivity (Wildman–Crippen MR) is 175 cm³/mol. The number of halogens is 6. The van der Waals surface area contributed by atoms with Crippen LogP contribution in [0.25, 0.3) is 0 Å². The van der Waals surface area contributed by atoms with Gasteiger partial charge in [0.25, 0.3) is 0 Å². The van der Waals surface area contributed by atoms with Crippen LogP contribution >= 0.6 is 95.6 Å². The lowest BCUT2D eigenvalue weighted by molar-refractivity contribution is -0.00230. The summed E-state index contributed by atoms with van der Waals surface area (Å²) in [5, 5.41) is 13.4. The van der Waals surface area contributed by atoms with Gasteiger partial charge in [0.05, 0.1) is 11.9 Å². The fourth-order valence-electron chi connectivity index (χ4n) is 1.72. The molecule has 0 aliphatic heterocycles. The molecule has 0 aromatic carbocycles. The van der Waals surface area contributed by atoms with Gasteiger partial charge in [0.1, 0.15) is 30.8 Å². The number of aryl methyl sites for hydroxylation is 1. The van der Waals surface area contributed by atoms with E-state index in [9.17, 15) is 9.70 Å². The first-order chi connectivity index (χ1) is 17.2. The Balaban J connectivity index is -0.000000441. The molecule has 3 rings (SSSR count). The van der Waals surface area contributed by atoms with Crippen molar-refractivity contribution in [2.24, 2.45) is 10.5 Å². The number of rotatable bonds is 3. The molecule has 10 nitrogen and oxygen atoms in total. The lowest BCUT2D eigenvalue weighted by Crippen LogP contribution is -2.14. The van der Waals surface area contributed by atoms with Gasteiger partial charge in [0, 0.05) is 13.4 Å². The molecule has 0 aliphatic carbocycles. The van der Waals surface area contributed by atoms with Crippen LogP contribution in [0.4, 0.5) is 0 Å². The van der Waals surface area contributed by atoms with Crippen molar-refractivity contribution >= 4 is 108 Å². The van der Waals surface area contributed by atoms with E-state index in [1.165, 1.54) is 6.21 Å². The molecule has 0 atom stereocenters. The predicted octanol–water partition coefficient (Wildman–Crippen LogP) is 9.04. The molecule has 0 amide bonds. The van der Waals surface area contributed by atoms with Gasteiger partial charge in [-0.25, -0.2) is 15.0 Å². The third-order valence-corrected chi connectivity index (χ3v) is 6.77. The Kier molecular flexibility index (Phi) is 24.4. The molecule has 0 saturated heterocycles. The molecule has 3 heterocycles. The van der Waals surface area contributed by atoms with Crippen LogP contribution in [-0.2, 0) is 4.84 Å². The molecule has 3 aromatic rings. The third kappa shape index (κ3) is 20.4. The zero-order chi connectivity index (χ0) is 28.6. The van der Waals surface area contributed by atoms with Crippen molar-refractivity contribution < 1.29 is 20.3 Å². The van der Waals surface area contributed by atoms with Crippen LogP contribution in [0.2, 0.25) is 0 Å². The van der Waals surface area contributed by atoms with Gasteiger partial charge in [0.15, 0.2) is 11.6 Å². The molecule has 16 heteroatoms. The SMILES string of the molecule is C.CC(C)(C)ON=O.Cc1nc(Br)ccc1Br.O.O/N=C\c1nc(Br)ccc1Br.O=Cc1nc(Br)ccc1Br. The van der Waals surface area contributed by atoms with E-state index in [0.29, 0.717) is 31.4 Å². The van der Waals surface area contributed by atoms with E-state index in [0.717, 1.165) is 19.2 Å². The first-order valence-electron chi connectivity index (χ1n) is 9.80. The van der Waals surface area contributed by atoms with Crippen molar-refractivity contribution in [3.05, 3.63) is 85.6 Å². The Bertz CT molecular complexity index is 1200. The van der Waals surface area contributed by atoms with Crippen molar-refractivity contribution in [1.29, 1.82) is 0 Å². The molecule has 0 unspecified atom stereocenters. The molecular formula is C23H27Br6N5O5. The number of oxime groups is 1. The van der Waals surface area contributed by atoms with Crippen LogP contribution in [0.15, 0.2) is 74.1 Å². The van der Waals surface area contributed by atoms with Crippen molar-refractivity contribution in [3.8, 4) is 0 Å². The molecule has 0 aliphatic rings. The largest absolute Gasteiger partial charge is 0.412 e. The lowest BCUT2D eigenvalue weighted by Gasteiger charge is -2.11. The van der Waals surface area contributed by atoms with E-state index >= 15 is 0 Å². The Morgan fingerprint density at radius 1 is 0.795 bits per heavy atom. The molecule has 39 heavy (non-hydrogen) atoms. The molecule has 3 N–H and O–H groups in total. The monoisotopic (exact) mass is 927 g/mol. The minimum absolute atomic E-state index is 0. The fourth-order valence-corrected chi connectivity index (χ4v) is 3.62. The van der Waals surface area contributed by atoms with E-state index < -0.39 is 5.60 Å². The molecule has 0 saturated carbocycles. The maximum atomic E-state index is 10.3. The summed E-state index contributed by atoms with van der Waals surface area (Å²) in [6.45, 7) is 7.23. The smallest absolute Gasteiger partial charge is 0.169 e. The van der Waals surface area contributed by atoms with Crippen molar-refractivity contribution in [3.63, 3.8) is 0 Å². The van der Waals surface area contributed by atoms with E-state index in [4.69, 9.17) is 5.21 Å². The third-order valence-electron chi connectivity index (χ3n) is 3.27. The highest BCUT2D eigenvalue weighted by atomic mass is 79.9. The number of nitrogens with zero attached hydrogens (tertiary/aromatic N) is 5. The Hall–Kier alpha value is -1.17. The Morgan fingerprint density at radius 2 is 1.21 bits per heavy atom. The average molecular weight is 933 g/mol. The fraction of sp³-hybridized carbons (Fsp3) is 0.261. The number of carbonyl (C=O) groups is 1. The maximum absolute atomic E-state index is 10.3. The molecule has 0 fully saturated rings. The topological polar surface area (TPSA) is 158 Å². The zero-order valence-electron chi connectivity index (χ0n) is 20.3. The van der Waals surface area contributed by atoms with E-state index in [2.05, 4.69) is 126 Å². The summed E-state index contributed by atoms with van der Waals surface area (Å²) in [6.07, 6.45) is 1.96. The maximum Gasteiger partial charge on any atom is 0.169 e. The van der Waals surface area contributed by atoms with Gasteiger partial charge in [-0.2, -0.15) is 0 Å². The van der Waals surface area contributed by atoms with Gasteiger partial charge >= 0.3 is 0 Å². The second-order valence-corrected chi connectivity index (χ2v) is 12.3. The summed E-state index contributed by atoms with van der Waals surface area (Å²) in [5.74, 6) is 0.